The number of carboxylic acids is 2. The zero-order valence-electron chi connectivity index (χ0n) is 78.5. The highest BCUT2D eigenvalue weighted by molar-refractivity contribution is 8.00. The van der Waals surface area contributed by atoms with Gasteiger partial charge in [-0.15, -0.1) is 11.8 Å². The summed E-state index contributed by atoms with van der Waals surface area (Å²) in [5.74, 6) is -18.9. The van der Waals surface area contributed by atoms with Crippen LogP contribution >= 0.6 is 11.8 Å². The second-order valence-electron chi connectivity index (χ2n) is 36.5. The lowest BCUT2D eigenvalue weighted by molar-refractivity contribution is -0.433. The van der Waals surface area contributed by atoms with E-state index in [1.54, 1.807) is 13.0 Å². The lowest BCUT2D eigenvalue weighted by Gasteiger charge is -2.27. The molecule has 2 aliphatic carbocycles. The summed E-state index contributed by atoms with van der Waals surface area (Å²) in [5.41, 5.74) is 5.44. The Hall–Kier alpha value is -12.9. The molecule has 732 valence electrons. The first kappa shape index (κ1) is 106. The molecule has 4 aromatic carbocycles. The van der Waals surface area contributed by atoms with Crippen LogP contribution in [-0.4, -0.2) is 221 Å². The van der Waals surface area contributed by atoms with Gasteiger partial charge in [-0.3, -0.25) is 76.6 Å². The van der Waals surface area contributed by atoms with E-state index in [-0.39, 0.29) is 145 Å². The van der Waals surface area contributed by atoms with E-state index in [1.165, 1.54) is 64.5 Å². The molecular formula is C100H120F2N11O22S2+. The number of carbonyl (C=O) groups excluding carboxylic acids is 13. The van der Waals surface area contributed by atoms with Gasteiger partial charge in [0, 0.05) is 148 Å². The Bertz CT molecular complexity index is 5910. The number of carboxylic acid groups (broad SMARTS) is 2. The molecule has 3 aliphatic heterocycles. The largest absolute Gasteiger partial charge is 0.505 e. The second kappa shape index (κ2) is 46.8. The molecule has 0 spiro atoms. The number of aromatic nitrogens is 2. The molecule has 10 rings (SSSR count). The van der Waals surface area contributed by atoms with Crippen LogP contribution in [0.15, 0.2) is 155 Å². The van der Waals surface area contributed by atoms with Gasteiger partial charge in [0.15, 0.2) is 46.2 Å². The van der Waals surface area contributed by atoms with Gasteiger partial charge in [0.05, 0.1) is 69.3 Å². The number of likely N-dealkylation sites (tertiary alicyclic amines) is 1. The molecule has 1 aromatic heterocycles. The Labute approximate surface area is 797 Å². The molecular weight excluding hydrogens is 1810 g/mol. The van der Waals surface area contributed by atoms with E-state index in [9.17, 15) is 105 Å². The third kappa shape index (κ3) is 26.9. The monoisotopic (exact) mass is 1930 g/mol. The fourth-order valence-corrected chi connectivity index (χ4v) is 19.5. The number of aromatic amines is 1. The molecule has 12 N–H and O–H groups in total. The van der Waals surface area contributed by atoms with E-state index in [2.05, 4.69) is 83.4 Å². The summed E-state index contributed by atoms with van der Waals surface area (Å²) >= 11 is 0.917. The maximum Gasteiger partial charge on any atom is 0.336 e. The van der Waals surface area contributed by atoms with Crippen LogP contribution in [0.4, 0.5) is 20.2 Å². The van der Waals surface area contributed by atoms with Gasteiger partial charge in [0.1, 0.15) is 6.54 Å². The van der Waals surface area contributed by atoms with Gasteiger partial charge in [-0.1, -0.05) is 83.0 Å². The summed E-state index contributed by atoms with van der Waals surface area (Å²) in [4.78, 5) is 213. The number of ketones is 5. The minimum atomic E-state index is -4.41. The highest BCUT2D eigenvalue weighted by Gasteiger charge is 2.46. The summed E-state index contributed by atoms with van der Waals surface area (Å²) in [6.45, 7) is 19.5. The van der Waals surface area contributed by atoms with Crippen LogP contribution in [0.5, 0.6) is 5.75 Å². The van der Waals surface area contributed by atoms with Crippen molar-refractivity contribution < 1.29 is 119 Å². The van der Waals surface area contributed by atoms with Gasteiger partial charge in [-0.05, 0) is 186 Å². The molecule has 4 heterocycles. The number of hydrogen-bond acceptors (Lipinski definition) is 22. The maximum absolute atomic E-state index is 15.1. The van der Waals surface area contributed by atoms with Crippen molar-refractivity contribution in [2.24, 2.45) is 23.7 Å². The van der Waals surface area contributed by atoms with Crippen LogP contribution < -0.4 is 36.8 Å². The Morgan fingerprint density at radius 2 is 1.41 bits per heavy atom. The SMILES string of the molecule is CC[N+]1=C(/C=C/C=C/C=C2/N(CCCCCC(=O)NCCN3C(=O)CC(SC[C@@H](NC(C)=O)C(=O)C[C@H](CCCCNC(=O)c4ccc(C5=C6C=C(F)C(=O)C=C6Cc6cc(O)c(F)cc65)c(C(=O)O)c4)C(=O)N[C@H](C)C(=O)C[C@H](C)C(=O)N[C@H](C)C(=O)C[C@@H](C(=O)N[C@H](Cc4c[nH]cn4)C(=O)C[C@@H](C)CCC(=O)O)[C@H](C)O)C3=O)c3ccccc3C2(C)C)C(C)(C)c2cc(S(=O)(=O)O)ccc21. The van der Waals surface area contributed by atoms with Crippen molar-refractivity contribution in [3.05, 3.63) is 201 Å². The molecule has 5 aromatic rings. The zero-order valence-corrected chi connectivity index (χ0v) is 80.1. The van der Waals surface area contributed by atoms with E-state index < -0.39 is 193 Å². The van der Waals surface area contributed by atoms with E-state index >= 15 is 8.78 Å². The summed E-state index contributed by atoms with van der Waals surface area (Å²) < 4.78 is 66.1. The van der Waals surface area contributed by atoms with E-state index in [0.29, 0.717) is 37.2 Å². The van der Waals surface area contributed by atoms with Crippen molar-refractivity contribution >= 4 is 133 Å². The van der Waals surface area contributed by atoms with Gasteiger partial charge in [-0.25, -0.2) is 18.6 Å². The first-order chi connectivity index (χ1) is 64.7. The summed E-state index contributed by atoms with van der Waals surface area (Å²) in [5, 5.41) is 55.8. The smallest absolute Gasteiger partial charge is 0.336 e. The molecule has 33 nitrogen and oxygen atoms in total. The number of amides is 8. The highest BCUT2D eigenvalue weighted by Crippen LogP contribution is 2.49. The molecule has 0 saturated carbocycles. The molecule has 1 saturated heterocycles. The zero-order chi connectivity index (χ0) is 100. The minimum Gasteiger partial charge on any atom is -0.505 e. The Morgan fingerprint density at radius 1 is 0.701 bits per heavy atom. The van der Waals surface area contributed by atoms with Gasteiger partial charge < -0.3 is 62.2 Å². The number of thioether (sulfide) groups is 1. The third-order valence-corrected chi connectivity index (χ3v) is 27.7. The third-order valence-electron chi connectivity index (χ3n) is 25.6. The van der Waals surface area contributed by atoms with Gasteiger partial charge >= 0.3 is 11.9 Å². The number of allylic oxidation sites excluding steroid dienone is 11. The summed E-state index contributed by atoms with van der Waals surface area (Å²) in [7, 11) is -4.41. The lowest BCUT2D eigenvalue weighted by Crippen LogP contribution is -2.49. The number of benzene rings is 4. The Kier molecular flexibility index (Phi) is 36.3. The molecule has 5 aliphatic rings. The number of rotatable bonds is 50. The van der Waals surface area contributed by atoms with Crippen LogP contribution in [-0.2, 0) is 96.1 Å². The molecule has 37 heteroatoms. The number of phenols is 1. The number of imidazole rings is 1. The predicted molar refractivity (Wildman–Crippen MR) is 506 cm³/mol. The number of fused-ring (bicyclic) bond motifs is 4. The number of Topliss-reactive ketones (excluding diaryl/α,β-unsaturated/α-hetero) is 4. The molecule has 0 bridgehead atoms. The number of phenolic OH excluding ortho intramolecular Hbond substituents is 1. The van der Waals surface area contributed by atoms with E-state index in [4.69, 9.17) is 0 Å². The second-order valence-corrected chi connectivity index (χ2v) is 39.2. The van der Waals surface area contributed by atoms with Crippen LogP contribution in [0.2, 0.25) is 0 Å². The first-order valence-corrected chi connectivity index (χ1v) is 48.3. The van der Waals surface area contributed by atoms with E-state index in [1.807, 2.05) is 57.2 Å². The number of aliphatic hydroxyl groups excluding tert-OH is 1. The number of imide groups is 1. The van der Waals surface area contributed by atoms with Crippen molar-refractivity contribution in [2.45, 2.75) is 230 Å². The average Bonchev–Trinajstić information content (AvgIpc) is 1.67. The molecule has 137 heavy (non-hydrogen) atoms. The predicted octanol–water partition coefficient (Wildman–Crippen LogP) is 10.1. The fraction of sp³-hybridized carbons (Fsp3) is 0.450. The number of para-hydroxylation sites is 1. The number of nitrogens with one attached hydrogen (secondary N) is 7. The number of nitrogens with zero attached hydrogens (tertiary/aromatic N) is 4. The van der Waals surface area contributed by atoms with Crippen molar-refractivity contribution in [1.82, 2.24) is 46.8 Å². The average molecular weight is 1930 g/mol. The number of unbranched alkanes of at least 4 members (excludes halogenated alkanes) is 3. The number of hydrogen-bond donors (Lipinski definition) is 12. The van der Waals surface area contributed by atoms with E-state index in [0.717, 1.165) is 94.3 Å². The summed E-state index contributed by atoms with van der Waals surface area (Å²) in [6, 6.07) is 13.4. The first-order valence-electron chi connectivity index (χ1n) is 45.8. The Morgan fingerprint density at radius 3 is 2.09 bits per heavy atom. The summed E-state index contributed by atoms with van der Waals surface area (Å²) in [6.07, 6.45) is 13.4. The normalized spacial score (nSPS) is 17.7. The molecule has 8 amide bonds. The number of H-pyrrole nitrogens is 1. The van der Waals surface area contributed by atoms with Gasteiger partial charge in [0.25, 0.3) is 16.0 Å². The molecule has 1 fully saturated rings. The number of carbonyl (C=O) groups is 15. The number of anilines is 1. The van der Waals surface area contributed by atoms with Crippen molar-refractivity contribution in [2.75, 3.05) is 43.4 Å². The standard InChI is InChI=1S/C100H119F2N11O22S2/c1-12-111-79-33-31-66(137(133,134)135)47-73(79)100(10,11)87(111)26-15-13-16-27-88-99(8,9)72-24-18-19-25-78(72)112(88)37-22-14-17-28-89(122)104-36-38-113-90(123)51-86(97(113)130)136-53-77(109-60(7)115)85(121)43-61(23-20-21-35-105-94(127)62-30-32-67(71(42-62)98(131)132)92-69-48-74(101)82(118)44-63(69)41-64-45-83(119)75(102)49-70(64)92)95(128)108-57(4)80(116)40-56(3)93(126)107-58(5)81(117)50-68(59(6)114)96(129)110-76(46-65-52-103-54-106-65)84(120)39-55(2)29-34-91(124)125/h13,15-16,18-19,24-27,30-33,42,44-45,47-49,52,54-59,61,68,76-77,86,114H,12,14,17,20-23,28-29,34-41,43,46,50-51,53H2,1-11H3,(H10-,103,104,105,106,107,108,109,110,115,118,119,122,124,125,126,127,128,129,131,132,133,134,135)/p+1/t55-,56-,57+,58+,59-,61-,68+,76+,77+,86?/m0/s1. The van der Waals surface area contributed by atoms with Crippen molar-refractivity contribution in [3.63, 3.8) is 0 Å². The van der Waals surface area contributed by atoms with Crippen LogP contribution in [0, 0.1) is 29.5 Å². The topological polar surface area (TPSA) is 502 Å². The fourth-order valence-electron chi connectivity index (χ4n) is 17.8. The molecule has 1 unspecified atom stereocenters. The molecule has 10 atom stereocenters. The number of aromatic hydroxyl groups is 1. The Balaban J connectivity index is 0.743. The lowest BCUT2D eigenvalue weighted by atomic mass is 9.76. The number of aliphatic carboxylic acids is 1. The van der Waals surface area contributed by atoms with Gasteiger partial charge in [-0.2, -0.15) is 13.0 Å². The van der Waals surface area contributed by atoms with Crippen LogP contribution in [0.25, 0.3) is 5.57 Å². The van der Waals surface area contributed by atoms with Crippen molar-refractivity contribution in [3.8, 4) is 5.75 Å². The van der Waals surface area contributed by atoms with Crippen LogP contribution in [0.3, 0.4) is 0 Å². The number of aromatic carboxylic acids is 1. The van der Waals surface area contributed by atoms with Crippen molar-refractivity contribution in [1.29, 1.82) is 0 Å². The van der Waals surface area contributed by atoms with Crippen LogP contribution in [0.1, 0.15) is 220 Å². The number of halogens is 2. The highest BCUT2D eigenvalue weighted by atomic mass is 32.2. The number of aliphatic hydroxyl groups is 1. The maximum atomic E-state index is 15.1. The van der Waals surface area contributed by atoms with Gasteiger partial charge in [0.2, 0.25) is 52.8 Å². The molecule has 0 radical (unpaired) electrons. The quantitative estimate of drug-likeness (QED) is 0.00566. The minimum absolute atomic E-state index is 0.0124.